The van der Waals surface area contributed by atoms with Gasteiger partial charge in [-0.2, -0.15) is 0 Å². The molecule has 3 nitrogen and oxygen atoms in total. The van der Waals surface area contributed by atoms with Gasteiger partial charge in [-0.15, -0.1) is 0 Å². The van der Waals surface area contributed by atoms with Crippen LogP contribution in [0.15, 0.2) is 4.99 Å². The van der Waals surface area contributed by atoms with Gasteiger partial charge in [-0.25, -0.2) is 0 Å². The highest BCUT2D eigenvalue weighted by atomic mass is 32.2. The highest BCUT2D eigenvalue weighted by Crippen LogP contribution is 2.25. The minimum atomic E-state index is 0.255. The molecule has 0 bridgehead atoms. The van der Waals surface area contributed by atoms with E-state index in [1.807, 2.05) is 11.8 Å². The van der Waals surface area contributed by atoms with Crippen LogP contribution in [-0.2, 0) is 0 Å². The molecule has 0 aliphatic carbocycles. The van der Waals surface area contributed by atoms with Gasteiger partial charge in [0.05, 0.1) is 6.04 Å². The first kappa shape index (κ1) is 14.8. The fourth-order valence-corrected chi connectivity index (χ4v) is 3.09. The Balaban J connectivity index is 2.48. The summed E-state index contributed by atoms with van der Waals surface area (Å²) in [4.78, 5) is 7.01. The van der Waals surface area contributed by atoms with Crippen LogP contribution in [0.5, 0.6) is 0 Å². The Morgan fingerprint density at radius 2 is 2.24 bits per heavy atom. The van der Waals surface area contributed by atoms with E-state index in [1.165, 1.54) is 18.6 Å². The van der Waals surface area contributed by atoms with Crippen molar-refractivity contribution in [3.63, 3.8) is 0 Å². The van der Waals surface area contributed by atoms with E-state index in [0.29, 0.717) is 6.04 Å². The molecule has 1 fully saturated rings. The first-order valence-corrected chi connectivity index (χ1v) is 7.57. The van der Waals surface area contributed by atoms with Crippen LogP contribution >= 0.6 is 11.8 Å². The van der Waals surface area contributed by atoms with E-state index in [2.05, 4.69) is 45.1 Å². The quantitative estimate of drug-likeness (QED) is 0.820. The average Bonchev–Trinajstić information content (AvgIpc) is 2.26. The molecule has 1 rings (SSSR count). The van der Waals surface area contributed by atoms with Gasteiger partial charge in [0.1, 0.15) is 0 Å². The average molecular weight is 257 g/mol. The van der Waals surface area contributed by atoms with Gasteiger partial charge in [0.15, 0.2) is 5.17 Å². The summed E-state index contributed by atoms with van der Waals surface area (Å²) in [6, 6.07) is 0.409. The lowest BCUT2D eigenvalue weighted by Crippen LogP contribution is -2.48. The lowest BCUT2D eigenvalue weighted by Gasteiger charge is -2.35. The van der Waals surface area contributed by atoms with Crippen LogP contribution in [0.4, 0.5) is 0 Å². The summed E-state index contributed by atoms with van der Waals surface area (Å²) in [5, 5.41) is 4.74. The van der Waals surface area contributed by atoms with E-state index >= 15 is 0 Å². The molecule has 1 aliphatic rings. The molecule has 1 N–H and O–H groups in total. The van der Waals surface area contributed by atoms with E-state index < -0.39 is 0 Å². The maximum Gasteiger partial charge on any atom is 0.157 e. The number of thioether (sulfide) groups is 1. The Kier molecular flexibility index (Phi) is 5.80. The van der Waals surface area contributed by atoms with Gasteiger partial charge in [0, 0.05) is 11.3 Å². The topological polar surface area (TPSA) is 27.6 Å². The second-order valence-corrected chi connectivity index (χ2v) is 6.60. The molecule has 1 aliphatic heterocycles. The zero-order chi connectivity index (χ0) is 12.9. The Labute approximate surface area is 110 Å². The predicted octanol–water partition coefficient (Wildman–Crippen LogP) is 2.58. The number of rotatable bonds is 5. The van der Waals surface area contributed by atoms with Crippen molar-refractivity contribution in [2.24, 2.45) is 4.99 Å². The highest BCUT2D eigenvalue weighted by molar-refractivity contribution is 8.13. The fourth-order valence-electron chi connectivity index (χ4n) is 1.77. The van der Waals surface area contributed by atoms with E-state index in [0.717, 1.165) is 18.1 Å². The fraction of sp³-hybridized carbons (Fsp3) is 0.923. The molecule has 1 saturated heterocycles. The standard InChI is InChI=1S/C13H27N3S/c1-6-13(3)8-10-17-12(15-13)14-11(2)7-9-16(4)5/h11H,6-10H2,1-5H3,(H,14,15). The molecule has 0 aromatic heterocycles. The second kappa shape index (κ2) is 6.64. The molecule has 0 radical (unpaired) electrons. The smallest absolute Gasteiger partial charge is 0.157 e. The molecular formula is C13H27N3S. The Hall–Kier alpha value is -0.220. The van der Waals surface area contributed by atoms with Crippen LogP contribution in [0.1, 0.15) is 40.0 Å². The second-order valence-electron chi connectivity index (χ2n) is 5.51. The highest BCUT2D eigenvalue weighted by Gasteiger charge is 2.27. The molecule has 0 aromatic rings. The third-order valence-corrected chi connectivity index (χ3v) is 4.30. The van der Waals surface area contributed by atoms with Gasteiger partial charge in [0.25, 0.3) is 0 Å². The largest absolute Gasteiger partial charge is 0.360 e. The number of amidine groups is 1. The number of aliphatic imine (C=N–C) groups is 1. The third kappa shape index (κ3) is 5.30. The van der Waals surface area contributed by atoms with Gasteiger partial charge in [-0.3, -0.25) is 4.99 Å². The summed E-state index contributed by atoms with van der Waals surface area (Å²) < 4.78 is 0. The van der Waals surface area contributed by atoms with Crippen molar-refractivity contribution in [2.75, 3.05) is 26.4 Å². The van der Waals surface area contributed by atoms with Crippen molar-refractivity contribution >= 4 is 16.9 Å². The van der Waals surface area contributed by atoms with Crippen LogP contribution in [0.2, 0.25) is 0 Å². The first-order chi connectivity index (χ1) is 7.95. The Morgan fingerprint density at radius 3 is 2.82 bits per heavy atom. The maximum absolute atomic E-state index is 4.79. The number of nitrogens with one attached hydrogen (secondary N) is 1. The molecule has 0 spiro atoms. The molecular weight excluding hydrogens is 230 g/mol. The van der Waals surface area contributed by atoms with Gasteiger partial charge in [-0.05, 0) is 53.8 Å². The summed E-state index contributed by atoms with van der Waals surface area (Å²) in [5.74, 6) is 1.19. The first-order valence-electron chi connectivity index (χ1n) is 6.59. The van der Waals surface area contributed by atoms with Crippen molar-refractivity contribution in [2.45, 2.75) is 51.6 Å². The molecule has 1 heterocycles. The molecule has 100 valence electrons. The molecule has 0 amide bonds. The van der Waals surface area contributed by atoms with E-state index in [9.17, 15) is 0 Å². The van der Waals surface area contributed by atoms with E-state index in [4.69, 9.17) is 4.99 Å². The third-order valence-electron chi connectivity index (χ3n) is 3.41. The Bertz CT molecular complexity index is 265. The summed E-state index contributed by atoms with van der Waals surface area (Å²) in [6.45, 7) is 7.85. The molecule has 2 unspecified atom stereocenters. The molecule has 2 atom stereocenters. The van der Waals surface area contributed by atoms with Crippen LogP contribution < -0.4 is 5.32 Å². The summed E-state index contributed by atoms with van der Waals surface area (Å²) in [7, 11) is 4.23. The van der Waals surface area contributed by atoms with Crippen molar-refractivity contribution in [3.05, 3.63) is 0 Å². The van der Waals surface area contributed by atoms with Gasteiger partial charge >= 0.3 is 0 Å². The van der Waals surface area contributed by atoms with Crippen LogP contribution in [0.3, 0.4) is 0 Å². The minimum Gasteiger partial charge on any atom is -0.360 e. The van der Waals surface area contributed by atoms with Crippen LogP contribution in [0, 0.1) is 0 Å². The van der Waals surface area contributed by atoms with Crippen LogP contribution in [-0.4, -0.2) is 48.0 Å². The normalized spacial score (nSPS) is 29.4. The van der Waals surface area contributed by atoms with Crippen molar-refractivity contribution in [1.82, 2.24) is 10.2 Å². The van der Waals surface area contributed by atoms with E-state index in [1.54, 1.807) is 0 Å². The van der Waals surface area contributed by atoms with Gasteiger partial charge in [0.2, 0.25) is 0 Å². The summed E-state index contributed by atoms with van der Waals surface area (Å²) in [5.41, 5.74) is 0.255. The number of hydrogen-bond donors (Lipinski definition) is 1. The van der Waals surface area contributed by atoms with Crippen LogP contribution in [0.25, 0.3) is 0 Å². The predicted molar refractivity (Wildman–Crippen MR) is 79.0 cm³/mol. The van der Waals surface area contributed by atoms with Crippen molar-refractivity contribution < 1.29 is 0 Å². The summed E-state index contributed by atoms with van der Waals surface area (Å²) >= 11 is 1.87. The molecule has 0 saturated carbocycles. The lowest BCUT2D eigenvalue weighted by atomic mass is 9.96. The zero-order valence-electron chi connectivity index (χ0n) is 11.9. The Morgan fingerprint density at radius 1 is 1.53 bits per heavy atom. The van der Waals surface area contributed by atoms with E-state index in [-0.39, 0.29) is 5.54 Å². The van der Waals surface area contributed by atoms with Crippen molar-refractivity contribution in [1.29, 1.82) is 0 Å². The number of hydrogen-bond acceptors (Lipinski definition) is 3. The SMILES string of the molecule is CCC1(C)CCSC(=NC(C)CCN(C)C)N1. The molecule has 0 aromatic carbocycles. The number of nitrogens with zero attached hydrogens (tertiary/aromatic N) is 2. The van der Waals surface area contributed by atoms with Crippen molar-refractivity contribution in [3.8, 4) is 0 Å². The van der Waals surface area contributed by atoms with Gasteiger partial charge in [-0.1, -0.05) is 18.7 Å². The lowest BCUT2D eigenvalue weighted by molar-refractivity contribution is 0.380. The monoisotopic (exact) mass is 257 g/mol. The molecule has 4 heteroatoms. The minimum absolute atomic E-state index is 0.255. The molecule has 17 heavy (non-hydrogen) atoms. The maximum atomic E-state index is 4.79. The summed E-state index contributed by atoms with van der Waals surface area (Å²) in [6.07, 6.45) is 3.53. The van der Waals surface area contributed by atoms with Gasteiger partial charge < -0.3 is 10.2 Å². The zero-order valence-corrected chi connectivity index (χ0v) is 12.7.